The second-order valence-corrected chi connectivity index (χ2v) is 2.86. The molecule has 6 nitrogen and oxygen atoms in total. The minimum Gasteiger partial charge on any atom is -0.267 e. The predicted molar refractivity (Wildman–Crippen MR) is 55.1 cm³/mol. The van der Waals surface area contributed by atoms with Gasteiger partial charge >= 0.3 is 0 Å². The molecule has 0 aliphatic rings. The van der Waals surface area contributed by atoms with Crippen LogP contribution in [0.4, 0.5) is 14.5 Å². The van der Waals surface area contributed by atoms with Gasteiger partial charge in [-0.25, -0.2) is 14.2 Å². The van der Waals surface area contributed by atoms with Crippen LogP contribution >= 0.6 is 0 Å². The zero-order chi connectivity index (χ0) is 12.8. The maximum atomic E-state index is 11.7. The summed E-state index contributed by atoms with van der Waals surface area (Å²) in [6.07, 6.45) is -2.49. The van der Waals surface area contributed by atoms with Gasteiger partial charge in [0, 0.05) is 17.7 Å². The first-order valence-corrected chi connectivity index (χ1v) is 4.37. The lowest BCUT2D eigenvalue weighted by Gasteiger charge is -1.98. The van der Waals surface area contributed by atoms with E-state index in [9.17, 15) is 23.7 Å². The van der Waals surface area contributed by atoms with E-state index in [0.29, 0.717) is 0 Å². The van der Waals surface area contributed by atoms with Crippen molar-refractivity contribution in [2.24, 2.45) is 5.10 Å². The number of nitrogens with one attached hydrogen (secondary N) is 1. The zero-order valence-corrected chi connectivity index (χ0v) is 8.34. The fourth-order valence-electron chi connectivity index (χ4n) is 0.951. The Labute approximate surface area is 94.1 Å². The van der Waals surface area contributed by atoms with E-state index in [1.165, 1.54) is 12.1 Å². The largest absolute Gasteiger partial charge is 0.275 e. The van der Waals surface area contributed by atoms with Crippen LogP contribution in [-0.4, -0.2) is 23.5 Å². The first kappa shape index (κ1) is 12.7. The molecule has 0 aromatic heterocycles. The SMILES string of the molecule is O=C(NN=CC(F)F)c1ccc([N+](=O)[O-])cc1. The van der Waals surface area contributed by atoms with Gasteiger partial charge in [0.2, 0.25) is 0 Å². The summed E-state index contributed by atoms with van der Waals surface area (Å²) >= 11 is 0. The molecule has 8 heteroatoms. The number of alkyl halides is 2. The summed E-state index contributed by atoms with van der Waals surface area (Å²) in [7, 11) is 0. The monoisotopic (exact) mass is 243 g/mol. The Hall–Kier alpha value is -2.38. The predicted octanol–water partition coefficient (Wildman–Crippen LogP) is 1.58. The minimum atomic E-state index is -2.76. The number of nitro benzene ring substituents is 1. The summed E-state index contributed by atoms with van der Waals surface area (Å²) < 4.78 is 23.3. The number of hydrogen-bond acceptors (Lipinski definition) is 4. The lowest BCUT2D eigenvalue weighted by Crippen LogP contribution is -2.18. The number of halogens is 2. The number of nitro groups is 1. The van der Waals surface area contributed by atoms with Gasteiger partial charge in [-0.1, -0.05) is 0 Å². The lowest BCUT2D eigenvalue weighted by atomic mass is 10.2. The fraction of sp³-hybridized carbons (Fsp3) is 0.111. The molecule has 1 aromatic carbocycles. The number of nitrogens with zero attached hydrogens (tertiary/aromatic N) is 2. The van der Waals surface area contributed by atoms with Crippen molar-refractivity contribution in [1.82, 2.24) is 5.43 Å². The van der Waals surface area contributed by atoms with Gasteiger partial charge in [0.15, 0.2) is 0 Å². The summed E-state index contributed by atoms with van der Waals surface area (Å²) in [6, 6.07) is 4.66. The number of hydrogen-bond donors (Lipinski definition) is 1. The molecule has 17 heavy (non-hydrogen) atoms. The zero-order valence-electron chi connectivity index (χ0n) is 8.34. The van der Waals surface area contributed by atoms with Crippen molar-refractivity contribution in [3.8, 4) is 0 Å². The van der Waals surface area contributed by atoms with Gasteiger partial charge in [0.25, 0.3) is 18.0 Å². The van der Waals surface area contributed by atoms with Crippen molar-refractivity contribution in [2.45, 2.75) is 6.43 Å². The van der Waals surface area contributed by atoms with E-state index in [4.69, 9.17) is 0 Å². The third-order valence-electron chi connectivity index (χ3n) is 1.69. The van der Waals surface area contributed by atoms with Crippen LogP contribution in [0, 0.1) is 10.1 Å². The average molecular weight is 243 g/mol. The Morgan fingerprint density at radius 1 is 1.41 bits per heavy atom. The molecule has 0 heterocycles. The van der Waals surface area contributed by atoms with Crippen molar-refractivity contribution >= 4 is 17.8 Å². The van der Waals surface area contributed by atoms with Crippen LogP contribution in [-0.2, 0) is 0 Å². The van der Waals surface area contributed by atoms with E-state index in [-0.39, 0.29) is 17.5 Å². The molecule has 0 fully saturated rings. The molecule has 0 saturated carbocycles. The van der Waals surface area contributed by atoms with Gasteiger partial charge in [0.05, 0.1) is 11.1 Å². The molecule has 0 unspecified atom stereocenters. The first-order chi connectivity index (χ1) is 8.00. The second-order valence-electron chi connectivity index (χ2n) is 2.86. The Morgan fingerprint density at radius 2 is 2.00 bits per heavy atom. The maximum absolute atomic E-state index is 11.7. The lowest BCUT2D eigenvalue weighted by molar-refractivity contribution is -0.384. The molecule has 90 valence electrons. The van der Waals surface area contributed by atoms with Crippen LogP contribution in [0.25, 0.3) is 0 Å². The highest BCUT2D eigenvalue weighted by atomic mass is 19.3. The van der Waals surface area contributed by atoms with Crippen LogP contribution in [0.15, 0.2) is 29.4 Å². The van der Waals surface area contributed by atoms with Gasteiger partial charge in [-0.15, -0.1) is 0 Å². The van der Waals surface area contributed by atoms with E-state index in [1.807, 2.05) is 5.43 Å². The summed E-state index contributed by atoms with van der Waals surface area (Å²) in [5, 5.41) is 13.3. The highest BCUT2D eigenvalue weighted by Gasteiger charge is 2.08. The number of amides is 1. The van der Waals surface area contributed by atoms with Crippen molar-refractivity contribution in [3.05, 3.63) is 39.9 Å². The maximum Gasteiger partial charge on any atom is 0.275 e. The molecule has 0 aliphatic heterocycles. The molecule has 0 spiro atoms. The van der Waals surface area contributed by atoms with E-state index in [0.717, 1.165) is 12.1 Å². The Balaban J connectivity index is 2.67. The summed E-state index contributed by atoms with van der Waals surface area (Å²) in [6.45, 7) is 0. The molecule has 0 bridgehead atoms. The smallest absolute Gasteiger partial charge is 0.267 e. The van der Waals surface area contributed by atoms with E-state index >= 15 is 0 Å². The van der Waals surface area contributed by atoms with Crippen molar-refractivity contribution in [1.29, 1.82) is 0 Å². The van der Waals surface area contributed by atoms with Crippen LogP contribution in [0.1, 0.15) is 10.4 Å². The molecular formula is C9H7F2N3O3. The third-order valence-corrected chi connectivity index (χ3v) is 1.69. The highest BCUT2D eigenvalue weighted by molar-refractivity contribution is 5.94. The van der Waals surface area contributed by atoms with Crippen LogP contribution in [0.3, 0.4) is 0 Å². The number of hydrazone groups is 1. The topological polar surface area (TPSA) is 84.6 Å². The van der Waals surface area contributed by atoms with Crippen molar-refractivity contribution < 1.29 is 18.5 Å². The van der Waals surface area contributed by atoms with Gasteiger partial charge < -0.3 is 0 Å². The number of benzene rings is 1. The number of rotatable bonds is 4. The molecule has 1 rings (SSSR count). The molecule has 0 atom stereocenters. The summed E-state index contributed by atoms with van der Waals surface area (Å²) in [5.41, 5.74) is 1.78. The van der Waals surface area contributed by atoms with Gasteiger partial charge in [-0.05, 0) is 12.1 Å². The van der Waals surface area contributed by atoms with Gasteiger partial charge in [-0.2, -0.15) is 5.10 Å². The Kier molecular flexibility index (Phi) is 4.21. The quantitative estimate of drug-likeness (QED) is 0.495. The van der Waals surface area contributed by atoms with E-state index in [1.54, 1.807) is 0 Å². The van der Waals surface area contributed by atoms with E-state index in [2.05, 4.69) is 5.10 Å². The van der Waals surface area contributed by atoms with Crippen LogP contribution in [0.5, 0.6) is 0 Å². The number of carbonyl (C=O) groups excluding carboxylic acids is 1. The van der Waals surface area contributed by atoms with Gasteiger partial charge in [0.1, 0.15) is 0 Å². The van der Waals surface area contributed by atoms with Crippen LogP contribution < -0.4 is 5.43 Å². The molecular weight excluding hydrogens is 236 g/mol. The third kappa shape index (κ3) is 3.93. The first-order valence-electron chi connectivity index (χ1n) is 4.37. The molecule has 1 aromatic rings. The Morgan fingerprint density at radius 3 is 2.47 bits per heavy atom. The fourth-order valence-corrected chi connectivity index (χ4v) is 0.951. The minimum absolute atomic E-state index is 0.0852. The normalized spacial score (nSPS) is 10.8. The highest BCUT2D eigenvalue weighted by Crippen LogP contribution is 2.11. The molecule has 0 radical (unpaired) electrons. The van der Waals surface area contributed by atoms with Crippen molar-refractivity contribution in [2.75, 3.05) is 0 Å². The molecule has 0 aliphatic carbocycles. The van der Waals surface area contributed by atoms with Crippen molar-refractivity contribution in [3.63, 3.8) is 0 Å². The summed E-state index contributed by atoms with van der Waals surface area (Å²) in [5.74, 6) is -0.725. The molecule has 0 saturated heterocycles. The Bertz CT molecular complexity index is 445. The van der Waals surface area contributed by atoms with Gasteiger partial charge in [-0.3, -0.25) is 14.9 Å². The summed E-state index contributed by atoms with van der Waals surface area (Å²) in [4.78, 5) is 21.0. The second kappa shape index (κ2) is 5.64. The standard InChI is InChI=1S/C9H7F2N3O3/c10-8(11)5-12-13-9(15)6-1-3-7(4-2-6)14(16)17/h1-5,8H,(H,13,15). The van der Waals surface area contributed by atoms with Crippen LogP contribution in [0.2, 0.25) is 0 Å². The number of non-ortho nitro benzene ring substituents is 1. The van der Waals surface area contributed by atoms with E-state index < -0.39 is 17.3 Å². The molecule has 1 amide bonds. The molecule has 1 N–H and O–H groups in total. The average Bonchev–Trinajstić information content (AvgIpc) is 2.28. The number of carbonyl (C=O) groups is 1.